The maximum absolute atomic E-state index is 9.04. The van der Waals surface area contributed by atoms with Crippen LogP contribution in [0.2, 0.25) is 0 Å². The Hall–Kier alpha value is -0.700. The summed E-state index contributed by atoms with van der Waals surface area (Å²) in [4.78, 5) is 0. The zero-order chi connectivity index (χ0) is 8.32. The van der Waals surface area contributed by atoms with E-state index < -0.39 is 0 Å². The number of aliphatic hydroxyl groups excluding tert-OH is 1. The van der Waals surface area contributed by atoms with Crippen LogP contribution in [0.1, 0.15) is 13.3 Å². The molecule has 0 amide bonds. The highest BCUT2D eigenvalue weighted by molar-refractivity contribution is 4.85. The van der Waals surface area contributed by atoms with Crippen molar-refractivity contribution in [1.82, 2.24) is 0 Å². The van der Waals surface area contributed by atoms with Gasteiger partial charge in [-0.2, -0.15) is 0 Å². The Morgan fingerprint density at radius 3 is 2.45 bits per heavy atom. The molecule has 1 heterocycles. The number of aliphatic hydroxyl groups is 1. The second-order valence-corrected chi connectivity index (χ2v) is 2.96. The molecular weight excluding hydrogens is 144 g/mol. The zero-order valence-electron chi connectivity index (χ0n) is 6.80. The van der Waals surface area contributed by atoms with E-state index in [1.807, 2.05) is 6.92 Å². The van der Waals surface area contributed by atoms with Crippen molar-refractivity contribution in [2.75, 3.05) is 19.8 Å². The highest BCUT2D eigenvalue weighted by atomic mass is 16.7. The molecule has 3 nitrogen and oxygen atoms in total. The van der Waals surface area contributed by atoms with E-state index >= 15 is 0 Å². The fourth-order valence-electron chi connectivity index (χ4n) is 0.958. The van der Waals surface area contributed by atoms with Crippen molar-refractivity contribution in [3.63, 3.8) is 0 Å². The molecule has 0 atom stereocenters. The first-order valence-corrected chi connectivity index (χ1v) is 3.78. The van der Waals surface area contributed by atoms with Gasteiger partial charge < -0.3 is 14.6 Å². The predicted molar refractivity (Wildman–Crippen MR) is 40.9 cm³/mol. The Bertz CT molecular complexity index is 137. The highest BCUT2D eigenvalue weighted by Crippen LogP contribution is 2.28. The fourth-order valence-corrected chi connectivity index (χ4v) is 0.958. The Morgan fingerprint density at radius 2 is 2.09 bits per heavy atom. The first kappa shape index (κ1) is 8.40. The van der Waals surface area contributed by atoms with Gasteiger partial charge in [0.15, 0.2) is 0 Å². The van der Waals surface area contributed by atoms with Gasteiger partial charge in [-0.1, -0.05) is 6.92 Å². The number of hydrogen-bond acceptors (Lipinski definition) is 3. The molecule has 3 heteroatoms. The van der Waals surface area contributed by atoms with Crippen LogP contribution in [0.15, 0.2) is 12.5 Å². The van der Waals surface area contributed by atoms with Crippen LogP contribution >= 0.6 is 0 Å². The summed E-state index contributed by atoms with van der Waals surface area (Å²) in [6.45, 7) is 6.67. The van der Waals surface area contributed by atoms with Gasteiger partial charge in [-0.15, -0.1) is 0 Å². The molecule has 1 fully saturated rings. The largest absolute Gasteiger partial charge is 0.465 e. The normalized spacial score (nSPS) is 22.2. The number of ether oxygens (including phenoxy) is 2. The predicted octanol–water partition coefficient (Wildman–Crippen LogP) is 0.893. The molecule has 0 bridgehead atoms. The van der Waals surface area contributed by atoms with Gasteiger partial charge in [-0.3, -0.25) is 0 Å². The zero-order valence-corrected chi connectivity index (χ0v) is 6.80. The van der Waals surface area contributed by atoms with Crippen LogP contribution in [0, 0.1) is 5.41 Å². The van der Waals surface area contributed by atoms with E-state index in [2.05, 4.69) is 6.58 Å². The fraction of sp³-hybridized carbons (Fsp3) is 0.750. The molecule has 1 N–H and O–H groups in total. The number of rotatable bonds is 2. The minimum atomic E-state index is -0.207. The van der Waals surface area contributed by atoms with E-state index in [1.54, 1.807) is 0 Å². The Balaban J connectivity index is 2.52. The highest BCUT2D eigenvalue weighted by Gasteiger charge is 2.33. The van der Waals surface area contributed by atoms with E-state index in [-0.39, 0.29) is 12.0 Å². The van der Waals surface area contributed by atoms with Gasteiger partial charge in [0.05, 0.1) is 12.0 Å². The Morgan fingerprint density at radius 1 is 1.55 bits per heavy atom. The summed E-state index contributed by atoms with van der Waals surface area (Å²) in [5.74, 6) is 0.363. The van der Waals surface area contributed by atoms with Crippen molar-refractivity contribution in [1.29, 1.82) is 0 Å². The van der Waals surface area contributed by atoms with Crippen molar-refractivity contribution in [2.24, 2.45) is 5.41 Å². The van der Waals surface area contributed by atoms with Crippen molar-refractivity contribution in [3.8, 4) is 0 Å². The summed E-state index contributed by atoms with van der Waals surface area (Å²) in [5.41, 5.74) is -0.207. The molecule has 0 spiro atoms. The van der Waals surface area contributed by atoms with Crippen LogP contribution in [0.3, 0.4) is 0 Å². The quantitative estimate of drug-likeness (QED) is 0.648. The minimum absolute atomic E-state index is 0.108. The SMILES string of the molecule is C=C1OCC(CC)(CO)CO1. The van der Waals surface area contributed by atoms with Crippen molar-refractivity contribution < 1.29 is 14.6 Å². The van der Waals surface area contributed by atoms with Crippen molar-refractivity contribution in [2.45, 2.75) is 13.3 Å². The average molecular weight is 158 g/mol. The molecule has 0 aromatic carbocycles. The minimum Gasteiger partial charge on any atom is -0.465 e. The standard InChI is InChI=1S/C8H14O3/c1-3-8(4-9)5-10-7(2)11-6-8/h9H,2-6H2,1H3. The van der Waals surface area contributed by atoms with Crippen LogP contribution in [0.25, 0.3) is 0 Å². The number of hydrogen-bond donors (Lipinski definition) is 1. The van der Waals surface area contributed by atoms with Crippen LogP contribution < -0.4 is 0 Å². The smallest absolute Gasteiger partial charge is 0.271 e. The second kappa shape index (κ2) is 3.13. The Kier molecular flexibility index (Phi) is 2.39. The lowest BCUT2D eigenvalue weighted by Crippen LogP contribution is -2.39. The molecule has 0 aromatic heterocycles. The van der Waals surface area contributed by atoms with E-state index in [9.17, 15) is 0 Å². The van der Waals surface area contributed by atoms with Gasteiger partial charge in [-0.05, 0) is 13.0 Å². The molecular formula is C8H14O3. The van der Waals surface area contributed by atoms with E-state index in [1.165, 1.54) is 0 Å². The molecule has 0 aliphatic carbocycles. The lowest BCUT2D eigenvalue weighted by molar-refractivity contribution is -0.118. The molecule has 1 saturated heterocycles. The van der Waals surface area contributed by atoms with Gasteiger partial charge in [0, 0.05) is 0 Å². The van der Waals surface area contributed by atoms with Gasteiger partial charge >= 0.3 is 0 Å². The summed E-state index contributed by atoms with van der Waals surface area (Å²) < 4.78 is 10.2. The first-order chi connectivity index (χ1) is 5.22. The van der Waals surface area contributed by atoms with Crippen molar-refractivity contribution in [3.05, 3.63) is 12.5 Å². The van der Waals surface area contributed by atoms with E-state index in [4.69, 9.17) is 14.6 Å². The summed E-state index contributed by atoms with van der Waals surface area (Å²) >= 11 is 0. The summed E-state index contributed by atoms with van der Waals surface area (Å²) in [5, 5.41) is 9.04. The molecule has 11 heavy (non-hydrogen) atoms. The summed E-state index contributed by atoms with van der Waals surface area (Å²) in [7, 11) is 0. The van der Waals surface area contributed by atoms with Crippen LogP contribution in [-0.2, 0) is 9.47 Å². The summed E-state index contributed by atoms with van der Waals surface area (Å²) in [6, 6.07) is 0. The van der Waals surface area contributed by atoms with Crippen LogP contribution in [0.5, 0.6) is 0 Å². The molecule has 0 aromatic rings. The summed E-state index contributed by atoms with van der Waals surface area (Å²) in [6.07, 6.45) is 0.858. The lowest BCUT2D eigenvalue weighted by Gasteiger charge is -2.34. The molecule has 1 rings (SSSR count). The molecule has 1 aliphatic rings. The maximum Gasteiger partial charge on any atom is 0.271 e. The molecule has 0 radical (unpaired) electrons. The van der Waals surface area contributed by atoms with Crippen molar-refractivity contribution >= 4 is 0 Å². The van der Waals surface area contributed by atoms with E-state index in [0.29, 0.717) is 19.2 Å². The maximum atomic E-state index is 9.04. The van der Waals surface area contributed by atoms with Gasteiger partial charge in [0.25, 0.3) is 5.95 Å². The molecule has 64 valence electrons. The van der Waals surface area contributed by atoms with E-state index in [0.717, 1.165) is 6.42 Å². The van der Waals surface area contributed by atoms with Gasteiger partial charge in [-0.25, -0.2) is 0 Å². The second-order valence-electron chi connectivity index (χ2n) is 2.96. The average Bonchev–Trinajstić information content (AvgIpc) is 2.07. The Labute approximate surface area is 66.6 Å². The molecule has 0 unspecified atom stereocenters. The lowest BCUT2D eigenvalue weighted by atomic mass is 9.88. The van der Waals surface area contributed by atoms with Gasteiger partial charge in [0.2, 0.25) is 0 Å². The monoisotopic (exact) mass is 158 g/mol. The van der Waals surface area contributed by atoms with Gasteiger partial charge in [0.1, 0.15) is 13.2 Å². The third kappa shape index (κ3) is 1.66. The van der Waals surface area contributed by atoms with Crippen LogP contribution in [0.4, 0.5) is 0 Å². The molecule has 1 aliphatic heterocycles. The van der Waals surface area contributed by atoms with Crippen LogP contribution in [-0.4, -0.2) is 24.9 Å². The first-order valence-electron chi connectivity index (χ1n) is 3.78. The third-order valence-corrected chi connectivity index (χ3v) is 2.16. The topological polar surface area (TPSA) is 38.7 Å². The molecule has 0 saturated carbocycles. The third-order valence-electron chi connectivity index (χ3n) is 2.16.